The molecule has 0 saturated heterocycles. The van der Waals surface area contributed by atoms with E-state index in [-0.39, 0.29) is 35.1 Å². The van der Waals surface area contributed by atoms with Gasteiger partial charge in [0.1, 0.15) is 5.78 Å². The van der Waals surface area contributed by atoms with Crippen molar-refractivity contribution in [3.63, 3.8) is 0 Å². The van der Waals surface area contributed by atoms with Crippen molar-refractivity contribution in [3.05, 3.63) is 24.5 Å². The van der Waals surface area contributed by atoms with Gasteiger partial charge in [-0.3, -0.25) is 4.79 Å². The molecule has 3 atom stereocenters. The van der Waals surface area contributed by atoms with Gasteiger partial charge >= 0.3 is 0 Å². The van der Waals surface area contributed by atoms with E-state index in [2.05, 4.69) is 47.4 Å². The third-order valence-corrected chi connectivity index (χ3v) is 10.6. The molecule has 1 heterocycles. The molecule has 0 amide bonds. The van der Waals surface area contributed by atoms with E-state index in [9.17, 15) is 4.79 Å². The summed E-state index contributed by atoms with van der Waals surface area (Å²) in [6, 6.07) is 0. The number of allylic oxidation sites excluding steroid dienone is 1. The zero-order chi connectivity index (χ0) is 18.9. The number of ether oxygens (including phenoxy) is 2. The Labute approximate surface area is 153 Å². The third-order valence-electron chi connectivity index (χ3n) is 6.16. The Hall–Kier alpha value is -0.913. The second-order valence-corrected chi connectivity index (χ2v) is 13.9. The molecular formula is C20H34O4Si. The Morgan fingerprint density at radius 2 is 2.12 bits per heavy atom. The lowest BCUT2D eigenvalue weighted by Gasteiger charge is -2.48. The molecule has 2 aliphatic rings. The molecule has 4 nitrogen and oxygen atoms in total. The molecule has 2 rings (SSSR count). The van der Waals surface area contributed by atoms with E-state index in [0.717, 1.165) is 12.2 Å². The summed E-state index contributed by atoms with van der Waals surface area (Å²) in [6.45, 7) is 18.2. The fourth-order valence-electron chi connectivity index (χ4n) is 3.17. The second-order valence-electron chi connectivity index (χ2n) is 9.16. The van der Waals surface area contributed by atoms with Crippen LogP contribution < -0.4 is 0 Å². The summed E-state index contributed by atoms with van der Waals surface area (Å²) in [5.74, 6) is 1.11. The monoisotopic (exact) mass is 366 g/mol. The van der Waals surface area contributed by atoms with E-state index in [4.69, 9.17) is 13.9 Å². The normalized spacial score (nSPS) is 31.3. The Kier molecular flexibility index (Phi) is 6.02. The average Bonchev–Trinajstić information content (AvgIpc) is 2.52. The summed E-state index contributed by atoms with van der Waals surface area (Å²) in [4.78, 5) is 12.7. The summed E-state index contributed by atoms with van der Waals surface area (Å²) in [6.07, 6.45) is 5.74. The fourth-order valence-corrected chi connectivity index (χ4v) is 4.60. The summed E-state index contributed by atoms with van der Waals surface area (Å²) in [5, 5.41) is 0.137. The zero-order valence-corrected chi connectivity index (χ0v) is 17.7. The SMILES string of the molecule is C=C[C@@]1(C)CC(=O)[C@@H](CC2=CCOCO2)C[C@@H]1O[Si](C)(C)C(C)(C)C. The van der Waals surface area contributed by atoms with Crippen molar-refractivity contribution in [1.29, 1.82) is 0 Å². The van der Waals surface area contributed by atoms with E-state index in [1.165, 1.54) is 0 Å². The first kappa shape index (κ1) is 20.4. The molecule has 0 radical (unpaired) electrons. The van der Waals surface area contributed by atoms with Crippen molar-refractivity contribution in [2.45, 2.75) is 71.2 Å². The average molecular weight is 367 g/mol. The maximum absolute atomic E-state index is 12.7. The van der Waals surface area contributed by atoms with E-state index >= 15 is 0 Å². The maximum atomic E-state index is 12.7. The van der Waals surface area contributed by atoms with Crippen LogP contribution in [0.25, 0.3) is 0 Å². The number of hydrogen-bond acceptors (Lipinski definition) is 4. The predicted molar refractivity (Wildman–Crippen MR) is 103 cm³/mol. The van der Waals surface area contributed by atoms with Crippen LogP contribution in [0, 0.1) is 11.3 Å². The summed E-state index contributed by atoms with van der Waals surface area (Å²) in [5.41, 5.74) is -0.298. The van der Waals surface area contributed by atoms with Crippen molar-refractivity contribution in [2.75, 3.05) is 13.4 Å². The minimum absolute atomic E-state index is 0.0223. The van der Waals surface area contributed by atoms with Crippen molar-refractivity contribution < 1.29 is 18.7 Å². The Morgan fingerprint density at radius 3 is 2.64 bits per heavy atom. The number of carbonyl (C=O) groups is 1. The molecule has 0 aromatic carbocycles. The molecular weight excluding hydrogens is 332 g/mol. The van der Waals surface area contributed by atoms with Crippen LogP contribution in [-0.2, 0) is 18.7 Å². The zero-order valence-electron chi connectivity index (χ0n) is 16.7. The number of Topliss-reactive ketones (excluding diaryl/α,β-unsaturated/α-hetero) is 1. The highest BCUT2D eigenvalue weighted by Crippen LogP contribution is 2.46. The van der Waals surface area contributed by atoms with E-state index < -0.39 is 8.32 Å². The molecule has 5 heteroatoms. The summed E-state index contributed by atoms with van der Waals surface area (Å²) >= 11 is 0. The van der Waals surface area contributed by atoms with Crippen molar-refractivity contribution in [1.82, 2.24) is 0 Å². The van der Waals surface area contributed by atoms with Crippen LogP contribution >= 0.6 is 0 Å². The molecule has 1 saturated carbocycles. The van der Waals surface area contributed by atoms with Gasteiger partial charge in [-0.05, 0) is 30.6 Å². The smallest absolute Gasteiger partial charge is 0.192 e. The Bertz CT molecular complexity index is 546. The molecule has 25 heavy (non-hydrogen) atoms. The topological polar surface area (TPSA) is 44.8 Å². The summed E-state index contributed by atoms with van der Waals surface area (Å²) in [7, 11) is -1.93. The number of rotatable bonds is 5. The van der Waals surface area contributed by atoms with Gasteiger partial charge in [0.25, 0.3) is 0 Å². The summed E-state index contributed by atoms with van der Waals surface area (Å²) < 4.78 is 17.5. The van der Waals surface area contributed by atoms with Crippen LogP contribution in [0.15, 0.2) is 24.5 Å². The van der Waals surface area contributed by atoms with Crippen LogP contribution in [0.3, 0.4) is 0 Å². The maximum Gasteiger partial charge on any atom is 0.192 e. The van der Waals surface area contributed by atoms with Gasteiger partial charge in [-0.1, -0.05) is 33.8 Å². The Balaban J connectivity index is 2.18. The highest BCUT2D eigenvalue weighted by Gasteiger charge is 2.48. The highest BCUT2D eigenvalue weighted by atomic mass is 28.4. The first-order valence-electron chi connectivity index (χ1n) is 9.22. The first-order valence-corrected chi connectivity index (χ1v) is 12.1. The Morgan fingerprint density at radius 1 is 1.44 bits per heavy atom. The van der Waals surface area contributed by atoms with Gasteiger partial charge in [0.2, 0.25) is 0 Å². The lowest BCUT2D eigenvalue weighted by Crippen LogP contribution is -2.52. The molecule has 142 valence electrons. The van der Waals surface area contributed by atoms with Gasteiger partial charge in [-0.15, -0.1) is 6.58 Å². The molecule has 0 aromatic heterocycles. The van der Waals surface area contributed by atoms with E-state index in [1.54, 1.807) is 0 Å². The van der Waals surface area contributed by atoms with Crippen molar-refractivity contribution >= 4 is 14.1 Å². The van der Waals surface area contributed by atoms with Gasteiger partial charge in [0.05, 0.1) is 18.5 Å². The quantitative estimate of drug-likeness (QED) is 0.516. The minimum Gasteiger partial charge on any atom is -0.472 e. The van der Waals surface area contributed by atoms with Gasteiger partial charge in [0.15, 0.2) is 15.1 Å². The minimum atomic E-state index is -1.93. The third kappa shape index (κ3) is 4.63. The lowest BCUT2D eigenvalue weighted by atomic mass is 9.68. The molecule has 0 aromatic rings. The second kappa shape index (κ2) is 7.37. The van der Waals surface area contributed by atoms with Crippen molar-refractivity contribution in [2.24, 2.45) is 11.3 Å². The van der Waals surface area contributed by atoms with Gasteiger partial charge in [-0.2, -0.15) is 0 Å². The van der Waals surface area contributed by atoms with Crippen molar-refractivity contribution in [3.8, 4) is 0 Å². The number of hydrogen-bond donors (Lipinski definition) is 0. The molecule has 1 aliphatic carbocycles. The molecule has 0 N–H and O–H groups in total. The first-order chi connectivity index (χ1) is 11.5. The molecule has 0 unspecified atom stereocenters. The van der Waals surface area contributed by atoms with E-state index in [1.807, 2.05) is 12.2 Å². The molecule has 0 spiro atoms. The fraction of sp³-hybridized carbons (Fsp3) is 0.750. The van der Waals surface area contributed by atoms with Gasteiger partial charge < -0.3 is 13.9 Å². The van der Waals surface area contributed by atoms with Crippen LogP contribution in [0.1, 0.15) is 47.0 Å². The molecule has 0 bridgehead atoms. The number of carbonyl (C=O) groups excluding carboxylic acids is 1. The van der Waals surface area contributed by atoms with Crippen LogP contribution in [-0.4, -0.2) is 33.6 Å². The highest BCUT2D eigenvalue weighted by molar-refractivity contribution is 6.74. The largest absolute Gasteiger partial charge is 0.472 e. The molecule has 1 fully saturated rings. The predicted octanol–water partition coefficient (Wildman–Crippen LogP) is 4.83. The van der Waals surface area contributed by atoms with Crippen LogP contribution in [0.5, 0.6) is 0 Å². The number of ketones is 1. The van der Waals surface area contributed by atoms with Crippen LogP contribution in [0.4, 0.5) is 0 Å². The van der Waals surface area contributed by atoms with Gasteiger partial charge in [0, 0.05) is 24.2 Å². The van der Waals surface area contributed by atoms with E-state index in [0.29, 0.717) is 19.4 Å². The lowest BCUT2D eigenvalue weighted by molar-refractivity contribution is -0.132. The standard InChI is InChI=1S/C20H34O4Si/c1-8-20(5)13-17(21)15(11-16-9-10-22-14-23-16)12-18(20)24-25(6,7)19(2,3)4/h8-9,15,18H,1,10-14H2,2-7H3/t15-,18-,20-/m0/s1. The van der Waals surface area contributed by atoms with Crippen LogP contribution in [0.2, 0.25) is 18.1 Å². The van der Waals surface area contributed by atoms with Gasteiger partial charge in [-0.25, -0.2) is 0 Å². The molecule has 1 aliphatic heterocycles.